The molecule has 0 fully saturated rings. The van der Waals surface area contributed by atoms with Gasteiger partial charge < -0.3 is 10.1 Å². The van der Waals surface area contributed by atoms with Crippen LogP contribution in [0.15, 0.2) is 60.8 Å². The first-order chi connectivity index (χ1) is 10.4. The molecule has 0 bridgehead atoms. The van der Waals surface area contributed by atoms with Crippen LogP contribution in [0.3, 0.4) is 0 Å². The van der Waals surface area contributed by atoms with Gasteiger partial charge in [-0.25, -0.2) is 0 Å². The first-order valence-corrected chi connectivity index (χ1v) is 7.06. The molecule has 106 valence electrons. The number of nitrogens with zero attached hydrogens (tertiary/aromatic N) is 1. The van der Waals surface area contributed by atoms with E-state index in [1.807, 2.05) is 31.3 Å². The molecule has 0 atom stereocenters. The molecule has 0 saturated carbocycles. The molecule has 0 aliphatic carbocycles. The maximum atomic E-state index is 5.98. The minimum absolute atomic E-state index is 0.482. The Labute approximate surface area is 124 Å². The molecule has 0 unspecified atom stereocenters. The number of aromatic nitrogens is 1. The van der Waals surface area contributed by atoms with Gasteiger partial charge in [0, 0.05) is 18.3 Å². The second-order valence-electron chi connectivity index (χ2n) is 4.90. The van der Waals surface area contributed by atoms with Gasteiger partial charge in [0.2, 0.25) is 0 Å². The molecule has 0 radical (unpaired) electrons. The summed E-state index contributed by atoms with van der Waals surface area (Å²) in [7, 11) is 1.95. The van der Waals surface area contributed by atoms with Crippen molar-refractivity contribution in [3.8, 4) is 5.75 Å². The lowest BCUT2D eigenvalue weighted by molar-refractivity contribution is 0.298. The molecule has 0 spiro atoms. The fraction of sp³-hybridized carbons (Fsp3) is 0.167. The van der Waals surface area contributed by atoms with Gasteiger partial charge in [0.1, 0.15) is 12.4 Å². The third kappa shape index (κ3) is 3.03. The Bertz CT molecular complexity index is 726. The molecule has 1 aromatic heterocycles. The summed E-state index contributed by atoms with van der Waals surface area (Å²) in [5.41, 5.74) is 2.12. The third-order valence-corrected chi connectivity index (χ3v) is 3.45. The predicted octanol–water partition coefficient (Wildman–Crippen LogP) is 3.53. The van der Waals surface area contributed by atoms with E-state index in [4.69, 9.17) is 4.74 Å². The lowest BCUT2D eigenvalue weighted by atomic mass is 10.0. The molecular weight excluding hydrogens is 260 g/mol. The Morgan fingerprint density at radius 2 is 1.86 bits per heavy atom. The number of rotatable bonds is 5. The molecule has 2 aromatic carbocycles. The molecule has 0 amide bonds. The summed E-state index contributed by atoms with van der Waals surface area (Å²) in [4.78, 5) is 4.29. The lowest BCUT2D eigenvalue weighted by Gasteiger charge is -2.14. The van der Waals surface area contributed by atoms with Crippen molar-refractivity contribution >= 4 is 10.8 Å². The van der Waals surface area contributed by atoms with Crippen LogP contribution in [0.25, 0.3) is 10.8 Å². The summed E-state index contributed by atoms with van der Waals surface area (Å²) < 4.78 is 5.98. The van der Waals surface area contributed by atoms with Gasteiger partial charge in [-0.1, -0.05) is 36.4 Å². The fourth-order valence-electron chi connectivity index (χ4n) is 2.45. The van der Waals surface area contributed by atoms with Crippen LogP contribution in [0.5, 0.6) is 5.75 Å². The largest absolute Gasteiger partial charge is 0.487 e. The van der Waals surface area contributed by atoms with Crippen LogP contribution in [0.1, 0.15) is 11.3 Å². The Hall–Kier alpha value is -2.39. The fourth-order valence-corrected chi connectivity index (χ4v) is 2.45. The van der Waals surface area contributed by atoms with Crippen LogP contribution in [-0.4, -0.2) is 12.0 Å². The molecule has 0 aliphatic rings. The van der Waals surface area contributed by atoms with Crippen molar-refractivity contribution in [2.75, 3.05) is 7.05 Å². The first-order valence-electron chi connectivity index (χ1n) is 7.06. The average molecular weight is 278 g/mol. The number of nitrogens with one attached hydrogen (secondary N) is 1. The zero-order valence-electron chi connectivity index (χ0n) is 12.0. The quantitative estimate of drug-likeness (QED) is 0.775. The Balaban J connectivity index is 1.92. The lowest BCUT2D eigenvalue weighted by Crippen LogP contribution is -2.08. The summed E-state index contributed by atoms with van der Waals surface area (Å²) in [5, 5.41) is 5.68. The smallest absolute Gasteiger partial charge is 0.130 e. The van der Waals surface area contributed by atoms with Crippen LogP contribution in [0.2, 0.25) is 0 Å². The second-order valence-corrected chi connectivity index (χ2v) is 4.90. The number of benzene rings is 2. The molecule has 1 N–H and O–H groups in total. The van der Waals surface area contributed by atoms with E-state index in [1.165, 1.54) is 16.3 Å². The van der Waals surface area contributed by atoms with Gasteiger partial charge in [-0.05, 0) is 36.0 Å². The third-order valence-electron chi connectivity index (χ3n) is 3.45. The standard InChI is InChI=1S/C18H18N2O/c1-19-12-17-16-8-3-2-6-14(16)9-10-18(17)21-13-15-7-4-5-11-20-15/h2-11,19H,12-13H2,1H3. The van der Waals surface area contributed by atoms with Gasteiger partial charge in [-0.2, -0.15) is 0 Å². The average Bonchev–Trinajstić information content (AvgIpc) is 2.55. The maximum absolute atomic E-state index is 5.98. The summed E-state index contributed by atoms with van der Waals surface area (Å²) >= 11 is 0. The van der Waals surface area contributed by atoms with Gasteiger partial charge >= 0.3 is 0 Å². The van der Waals surface area contributed by atoms with Crippen molar-refractivity contribution < 1.29 is 4.74 Å². The van der Waals surface area contributed by atoms with E-state index in [2.05, 4.69) is 40.6 Å². The molecule has 3 heteroatoms. The SMILES string of the molecule is CNCc1c(OCc2ccccn2)ccc2ccccc12. The van der Waals surface area contributed by atoms with E-state index in [-0.39, 0.29) is 0 Å². The van der Waals surface area contributed by atoms with E-state index in [0.29, 0.717) is 6.61 Å². The summed E-state index contributed by atoms with van der Waals surface area (Å²) in [6.45, 7) is 1.26. The topological polar surface area (TPSA) is 34.1 Å². The number of hydrogen-bond donors (Lipinski definition) is 1. The number of pyridine rings is 1. The highest BCUT2D eigenvalue weighted by Gasteiger charge is 2.08. The minimum Gasteiger partial charge on any atom is -0.487 e. The van der Waals surface area contributed by atoms with Gasteiger partial charge in [-0.15, -0.1) is 0 Å². The number of hydrogen-bond acceptors (Lipinski definition) is 3. The highest BCUT2D eigenvalue weighted by atomic mass is 16.5. The van der Waals surface area contributed by atoms with Crippen LogP contribution < -0.4 is 10.1 Å². The van der Waals surface area contributed by atoms with Crippen LogP contribution in [0, 0.1) is 0 Å². The summed E-state index contributed by atoms with van der Waals surface area (Å²) in [6.07, 6.45) is 1.79. The van der Waals surface area contributed by atoms with Crippen molar-refractivity contribution in [3.63, 3.8) is 0 Å². The molecule has 0 aliphatic heterocycles. The van der Waals surface area contributed by atoms with Gasteiger partial charge in [-0.3, -0.25) is 4.98 Å². The molecular formula is C18H18N2O. The maximum Gasteiger partial charge on any atom is 0.130 e. The second kappa shape index (κ2) is 6.37. The summed E-state index contributed by atoms with van der Waals surface area (Å²) in [5.74, 6) is 0.911. The highest BCUT2D eigenvalue weighted by molar-refractivity contribution is 5.87. The molecule has 21 heavy (non-hydrogen) atoms. The number of fused-ring (bicyclic) bond motifs is 1. The monoisotopic (exact) mass is 278 g/mol. The van der Waals surface area contributed by atoms with E-state index in [0.717, 1.165) is 18.0 Å². The van der Waals surface area contributed by atoms with E-state index in [9.17, 15) is 0 Å². The minimum atomic E-state index is 0.482. The highest BCUT2D eigenvalue weighted by Crippen LogP contribution is 2.28. The zero-order valence-corrected chi connectivity index (χ0v) is 12.0. The van der Waals surface area contributed by atoms with E-state index in [1.54, 1.807) is 6.20 Å². The van der Waals surface area contributed by atoms with Crippen molar-refractivity contribution in [3.05, 3.63) is 72.1 Å². The Kier molecular flexibility index (Phi) is 4.12. The van der Waals surface area contributed by atoms with Crippen LogP contribution >= 0.6 is 0 Å². The van der Waals surface area contributed by atoms with Crippen LogP contribution in [-0.2, 0) is 13.2 Å². The number of ether oxygens (including phenoxy) is 1. The molecule has 0 saturated heterocycles. The van der Waals surface area contributed by atoms with E-state index >= 15 is 0 Å². The van der Waals surface area contributed by atoms with Gasteiger partial charge in [0.05, 0.1) is 5.69 Å². The molecule has 3 aromatic rings. The van der Waals surface area contributed by atoms with Crippen LogP contribution in [0.4, 0.5) is 0 Å². The molecule has 3 nitrogen and oxygen atoms in total. The van der Waals surface area contributed by atoms with Gasteiger partial charge in [0.15, 0.2) is 0 Å². The predicted molar refractivity (Wildman–Crippen MR) is 85.3 cm³/mol. The van der Waals surface area contributed by atoms with E-state index < -0.39 is 0 Å². The Morgan fingerprint density at radius 3 is 2.67 bits per heavy atom. The summed E-state index contributed by atoms with van der Waals surface area (Å²) in [6, 6.07) is 18.4. The first kappa shape index (κ1) is 13.6. The molecule has 1 heterocycles. The van der Waals surface area contributed by atoms with Crippen molar-refractivity contribution in [2.45, 2.75) is 13.2 Å². The molecule has 3 rings (SSSR count). The van der Waals surface area contributed by atoms with Crippen molar-refractivity contribution in [1.29, 1.82) is 0 Å². The van der Waals surface area contributed by atoms with Gasteiger partial charge in [0.25, 0.3) is 0 Å². The normalized spacial score (nSPS) is 10.7. The Morgan fingerprint density at radius 1 is 1.00 bits per heavy atom. The zero-order chi connectivity index (χ0) is 14.5. The van der Waals surface area contributed by atoms with Crippen molar-refractivity contribution in [1.82, 2.24) is 10.3 Å². The van der Waals surface area contributed by atoms with Crippen molar-refractivity contribution in [2.24, 2.45) is 0 Å².